The van der Waals surface area contributed by atoms with Crippen molar-refractivity contribution >= 4 is 90.4 Å². The van der Waals surface area contributed by atoms with Crippen molar-refractivity contribution in [3.05, 3.63) is 80.1 Å². The molecule has 1 saturated heterocycles. The molecule has 0 bridgehead atoms. The number of hydrogen-bond acceptors (Lipinski definition) is 14. The lowest BCUT2D eigenvalue weighted by Crippen LogP contribution is -2.46. The quantitative estimate of drug-likeness (QED) is 0.120. The maximum absolute atomic E-state index is 12.8. The topological polar surface area (TPSA) is 176 Å². The van der Waals surface area contributed by atoms with Crippen LogP contribution in [0.25, 0.3) is 20.4 Å². The van der Waals surface area contributed by atoms with Gasteiger partial charge >= 0.3 is 5.97 Å². The number of aliphatic imine (C=N–C) groups is 2. The Kier molecular flexibility index (Phi) is 11.0. The molecule has 16 heteroatoms. The number of carboxylic acids is 1. The largest absolute Gasteiger partial charge is 0.489 e. The van der Waals surface area contributed by atoms with E-state index in [-0.39, 0.29) is 24.0 Å². The van der Waals surface area contributed by atoms with Crippen molar-refractivity contribution in [3.8, 4) is 11.5 Å². The zero-order valence-corrected chi connectivity index (χ0v) is 37.4. The highest BCUT2D eigenvalue weighted by Gasteiger charge is 2.34. The highest BCUT2D eigenvalue weighted by atomic mass is 32.1. The van der Waals surface area contributed by atoms with E-state index in [1.54, 1.807) is 35.3 Å². The van der Waals surface area contributed by atoms with E-state index in [4.69, 9.17) is 9.47 Å². The first-order chi connectivity index (χ1) is 30.6. The molecule has 1 fully saturated rings. The van der Waals surface area contributed by atoms with E-state index >= 15 is 0 Å². The molecule has 0 spiro atoms. The number of likely N-dealkylation sites (tertiary alicyclic amines) is 1. The number of thiophene rings is 2. The van der Waals surface area contributed by atoms with Crippen LogP contribution in [0.1, 0.15) is 90.1 Å². The minimum atomic E-state index is -0.724. The number of ether oxygens (including phenoxy) is 2. The minimum Gasteiger partial charge on any atom is -0.489 e. The SMILES string of the molecule is CC(C)Oc1cc2c(cc1Nc1ncnc3sc4c(c13)CCC(C(=O)N1CCC1)C4)C=NC2.CC(C)Oc1cc2c(cc1Nc1ncnc3sc4c(c13)CCC(C(=O)O)C4)C=NC2. The van der Waals surface area contributed by atoms with Crippen LogP contribution in [0.3, 0.4) is 0 Å². The molecule has 14 nitrogen and oxygen atoms in total. The number of carbonyl (C=O) groups excluding carboxylic acids is 1. The van der Waals surface area contributed by atoms with Gasteiger partial charge in [-0.2, -0.15) is 0 Å². The predicted octanol–water partition coefficient (Wildman–Crippen LogP) is 8.84. The van der Waals surface area contributed by atoms with Crippen molar-refractivity contribution in [2.24, 2.45) is 21.8 Å². The van der Waals surface area contributed by atoms with Crippen molar-refractivity contribution in [3.63, 3.8) is 0 Å². The van der Waals surface area contributed by atoms with E-state index in [0.717, 1.165) is 122 Å². The normalized spacial score (nSPS) is 18.1. The molecule has 4 aromatic heterocycles. The lowest BCUT2D eigenvalue weighted by Gasteiger charge is -2.35. The maximum atomic E-state index is 12.8. The number of nitrogens with one attached hydrogen (secondary N) is 2. The average molecular weight is 884 g/mol. The van der Waals surface area contributed by atoms with Crippen LogP contribution >= 0.6 is 22.7 Å². The molecule has 2 aromatic carbocycles. The van der Waals surface area contributed by atoms with Crippen LogP contribution in [-0.4, -0.2) is 79.5 Å². The molecule has 1 amide bonds. The second-order valence-corrected chi connectivity index (χ2v) is 19.5. The molecule has 3 N–H and O–H groups in total. The number of carboxylic acid groups (broad SMARTS) is 1. The van der Waals surface area contributed by atoms with Gasteiger partial charge in [0.25, 0.3) is 0 Å². The first-order valence-corrected chi connectivity index (χ1v) is 23.4. The first kappa shape index (κ1) is 41.0. The molecule has 0 radical (unpaired) electrons. The fourth-order valence-corrected chi connectivity index (χ4v) is 11.6. The number of fused-ring (bicyclic) bond motifs is 8. The fourth-order valence-electron chi connectivity index (χ4n) is 9.06. The Balaban J connectivity index is 0.000000150. The third kappa shape index (κ3) is 8.10. The summed E-state index contributed by atoms with van der Waals surface area (Å²) in [5.74, 6) is 2.49. The van der Waals surface area contributed by atoms with E-state index < -0.39 is 5.97 Å². The molecule has 5 aliphatic rings. The molecule has 0 saturated carbocycles. The number of amides is 1. The summed E-state index contributed by atoms with van der Waals surface area (Å²) < 4.78 is 12.2. The van der Waals surface area contributed by atoms with Crippen molar-refractivity contribution in [2.45, 2.75) is 97.9 Å². The third-order valence-corrected chi connectivity index (χ3v) is 14.6. The molecule has 7 heterocycles. The van der Waals surface area contributed by atoms with Gasteiger partial charge in [-0.05, 0) is 130 Å². The van der Waals surface area contributed by atoms with Gasteiger partial charge in [0.1, 0.15) is 45.5 Å². The van der Waals surface area contributed by atoms with Crippen molar-refractivity contribution in [2.75, 3.05) is 23.7 Å². The molecule has 2 atom stereocenters. The zero-order valence-electron chi connectivity index (χ0n) is 35.7. The minimum absolute atomic E-state index is 0.0400. The van der Waals surface area contributed by atoms with Crippen LogP contribution < -0.4 is 20.1 Å². The molecule has 63 heavy (non-hydrogen) atoms. The Morgan fingerprint density at radius 2 is 1.21 bits per heavy atom. The standard InChI is InChI=1S/C25H27N5O2S.C22H22N4O3S/c1-14(2)32-20-9-17-12-26-11-16(17)8-19(20)29-23-22-18-5-4-15(25(31)30-6-3-7-30)10-21(18)33-24(22)28-13-27-23;1-11(2)29-17-6-14-9-23-8-13(14)5-16(17)26-20-19-15-4-3-12(22(27)28)7-18(15)30-21(19)25-10-24-20/h8-9,11,13-15H,3-7,10,12H2,1-2H3,(H,27,28,29);5-6,8,10-12H,3-4,7,9H2,1-2H3,(H,27,28)(H,24,25,26). The van der Waals surface area contributed by atoms with E-state index in [1.165, 1.54) is 21.6 Å². The smallest absolute Gasteiger partial charge is 0.306 e. The van der Waals surface area contributed by atoms with E-state index in [1.807, 2.05) is 51.1 Å². The first-order valence-electron chi connectivity index (χ1n) is 21.8. The van der Waals surface area contributed by atoms with Crippen LogP contribution in [-0.2, 0) is 48.4 Å². The van der Waals surface area contributed by atoms with Crippen molar-refractivity contribution < 1.29 is 24.2 Å². The van der Waals surface area contributed by atoms with Crippen molar-refractivity contribution in [1.82, 2.24) is 24.8 Å². The summed E-state index contributed by atoms with van der Waals surface area (Å²) in [7, 11) is 0. The summed E-state index contributed by atoms with van der Waals surface area (Å²) in [5, 5.41) is 18.5. The summed E-state index contributed by atoms with van der Waals surface area (Å²) in [6.07, 6.45) is 12.7. The van der Waals surface area contributed by atoms with Crippen LogP contribution in [0.15, 0.2) is 46.9 Å². The maximum Gasteiger partial charge on any atom is 0.306 e. The van der Waals surface area contributed by atoms with Gasteiger partial charge in [0.05, 0.1) is 53.4 Å². The molecule has 2 aliphatic carbocycles. The van der Waals surface area contributed by atoms with Gasteiger partial charge in [0.15, 0.2) is 0 Å². The Bertz CT molecular complexity index is 2850. The number of aliphatic carboxylic acids is 1. The van der Waals surface area contributed by atoms with Crippen LogP contribution in [0, 0.1) is 11.8 Å². The molecule has 3 aliphatic heterocycles. The van der Waals surface area contributed by atoms with Gasteiger partial charge in [-0.1, -0.05) is 0 Å². The van der Waals surface area contributed by atoms with Crippen LogP contribution in [0.5, 0.6) is 11.5 Å². The van der Waals surface area contributed by atoms with Gasteiger partial charge in [-0.15, -0.1) is 22.7 Å². The number of anilines is 4. The van der Waals surface area contributed by atoms with Crippen LogP contribution in [0.2, 0.25) is 0 Å². The predicted molar refractivity (Wildman–Crippen MR) is 248 cm³/mol. The average Bonchev–Trinajstić information content (AvgIpc) is 4.04. The summed E-state index contributed by atoms with van der Waals surface area (Å²) in [6, 6.07) is 8.27. The highest BCUT2D eigenvalue weighted by Crippen LogP contribution is 2.44. The zero-order chi connectivity index (χ0) is 43.4. The second-order valence-electron chi connectivity index (χ2n) is 17.3. The molecule has 11 rings (SSSR count). The van der Waals surface area contributed by atoms with Gasteiger partial charge in [-0.25, -0.2) is 19.9 Å². The van der Waals surface area contributed by atoms with E-state index in [9.17, 15) is 14.7 Å². The number of benzene rings is 2. The summed E-state index contributed by atoms with van der Waals surface area (Å²) in [5.41, 5.74) is 8.71. The van der Waals surface area contributed by atoms with E-state index in [0.29, 0.717) is 31.8 Å². The number of nitrogens with zero attached hydrogens (tertiary/aromatic N) is 7. The molecule has 2 unspecified atom stereocenters. The monoisotopic (exact) mass is 883 g/mol. The van der Waals surface area contributed by atoms with E-state index in [2.05, 4.69) is 58.8 Å². The molecule has 6 aromatic rings. The second kappa shape index (κ2) is 16.9. The van der Waals surface area contributed by atoms with Gasteiger partial charge in [0.2, 0.25) is 5.91 Å². The molecular weight excluding hydrogens is 835 g/mol. The molecule has 324 valence electrons. The fraction of sp³-hybridized carbons (Fsp3) is 0.404. The Labute approximate surface area is 372 Å². The number of carbonyl (C=O) groups is 2. The van der Waals surface area contributed by atoms with Gasteiger partial charge in [0, 0.05) is 41.2 Å². The van der Waals surface area contributed by atoms with Gasteiger partial charge < -0.3 is 30.1 Å². The number of aryl methyl sites for hydroxylation is 2. The summed E-state index contributed by atoms with van der Waals surface area (Å²) in [4.78, 5) is 57.4. The number of hydrogen-bond donors (Lipinski definition) is 3. The summed E-state index contributed by atoms with van der Waals surface area (Å²) >= 11 is 3.28. The Hall–Kier alpha value is -6.00. The van der Waals surface area contributed by atoms with Gasteiger partial charge in [-0.3, -0.25) is 19.6 Å². The lowest BCUT2D eigenvalue weighted by atomic mass is 9.86. The van der Waals surface area contributed by atoms with Crippen molar-refractivity contribution in [1.29, 1.82) is 0 Å². The Morgan fingerprint density at radius 1 is 0.714 bits per heavy atom. The lowest BCUT2D eigenvalue weighted by molar-refractivity contribution is -0.142. The number of rotatable bonds is 10. The summed E-state index contributed by atoms with van der Waals surface area (Å²) in [6.45, 7) is 11.3. The number of aromatic nitrogens is 4. The van der Waals surface area contributed by atoms with Crippen LogP contribution in [0.4, 0.5) is 23.0 Å². The molecular formula is C47H49N9O5S2. The Morgan fingerprint density at radius 3 is 1.67 bits per heavy atom. The third-order valence-electron chi connectivity index (χ3n) is 12.3. The highest BCUT2D eigenvalue weighted by molar-refractivity contribution is 7.19.